The number of hydrogen-bond acceptors (Lipinski definition) is 4. The van der Waals surface area contributed by atoms with Gasteiger partial charge in [-0.3, -0.25) is 4.79 Å². The summed E-state index contributed by atoms with van der Waals surface area (Å²) in [4.78, 5) is 16.8. The van der Waals surface area contributed by atoms with Crippen molar-refractivity contribution >= 4 is 11.9 Å². The first-order valence-electron chi connectivity index (χ1n) is 7.94. The van der Waals surface area contributed by atoms with Crippen molar-refractivity contribution in [3.63, 3.8) is 0 Å². The van der Waals surface area contributed by atoms with Gasteiger partial charge in [0, 0.05) is 25.0 Å². The molecule has 0 unspecified atom stereocenters. The normalized spacial score (nSPS) is 12.3. The predicted octanol–water partition coefficient (Wildman–Crippen LogP) is 2.80. The molecule has 1 rings (SSSR count). The van der Waals surface area contributed by atoms with Gasteiger partial charge in [0.2, 0.25) is 0 Å². The van der Waals surface area contributed by atoms with Crippen molar-refractivity contribution in [3.05, 3.63) is 35.9 Å². The molecule has 0 aliphatic rings. The van der Waals surface area contributed by atoms with Crippen molar-refractivity contribution in [2.75, 3.05) is 47.9 Å². The molecule has 0 aliphatic carbocycles. The van der Waals surface area contributed by atoms with Gasteiger partial charge in [-0.2, -0.15) is 0 Å². The van der Waals surface area contributed by atoms with Gasteiger partial charge in [-0.25, -0.2) is 0 Å². The lowest BCUT2D eigenvalue weighted by atomic mass is 9.87. The van der Waals surface area contributed by atoms with Crippen LogP contribution in [0.1, 0.15) is 19.4 Å². The Morgan fingerprint density at radius 3 is 2.26 bits per heavy atom. The summed E-state index contributed by atoms with van der Waals surface area (Å²) >= 11 is 0. The molecule has 0 atom stereocenters. The van der Waals surface area contributed by atoms with Crippen molar-refractivity contribution in [1.29, 1.82) is 0 Å². The van der Waals surface area contributed by atoms with Gasteiger partial charge in [0.05, 0.1) is 7.11 Å². The monoisotopic (exact) mass is 318 g/mol. The van der Waals surface area contributed by atoms with Crippen LogP contribution in [-0.2, 0) is 4.79 Å². The summed E-state index contributed by atoms with van der Waals surface area (Å²) < 4.78 is 5.13. The van der Waals surface area contributed by atoms with Gasteiger partial charge in [0.25, 0.3) is 0 Å². The lowest BCUT2D eigenvalue weighted by Crippen LogP contribution is -2.39. The topological polar surface area (TPSA) is 32.8 Å². The summed E-state index contributed by atoms with van der Waals surface area (Å²) in [5.74, 6) is 0.960. The number of rotatable bonds is 9. The Labute approximate surface area is 140 Å². The Morgan fingerprint density at radius 1 is 1.13 bits per heavy atom. The Kier molecular flexibility index (Phi) is 7.46. The number of hydrogen-bond donors (Lipinski definition) is 0. The number of likely N-dealkylation sites (N-methyl/N-ethyl adjacent to an activating group) is 2. The molecule has 0 heterocycles. The Balaban J connectivity index is 2.60. The second kappa shape index (κ2) is 8.85. The second-order valence-electron chi connectivity index (χ2n) is 6.90. The molecule has 0 N–H and O–H groups in total. The maximum Gasteiger partial charge on any atom is 0.162 e. The van der Waals surface area contributed by atoms with Crippen LogP contribution >= 0.6 is 0 Å². The average Bonchev–Trinajstić information content (AvgIpc) is 2.50. The quantitative estimate of drug-likeness (QED) is 0.656. The number of nitrogens with zero attached hydrogens (tertiary/aromatic N) is 2. The molecule has 0 bridgehead atoms. The largest absolute Gasteiger partial charge is 0.497 e. The number of methoxy groups -OCH3 is 1. The molecule has 0 spiro atoms. The lowest BCUT2D eigenvalue weighted by Gasteiger charge is -2.28. The van der Waals surface area contributed by atoms with Gasteiger partial charge >= 0.3 is 0 Å². The van der Waals surface area contributed by atoms with Crippen LogP contribution < -0.4 is 4.74 Å². The molecule has 0 saturated heterocycles. The van der Waals surface area contributed by atoms with Gasteiger partial charge in [-0.1, -0.05) is 32.1 Å². The van der Waals surface area contributed by atoms with E-state index in [2.05, 4.69) is 30.9 Å². The number of carbonyl (C=O) groups is 1. The SMILES string of the molecule is COc1ccc(/C=C/C(=O)C(C)(C)CN(C)CCN(C)C)cc1. The molecule has 1 aromatic carbocycles. The fourth-order valence-electron chi connectivity index (χ4n) is 2.32. The van der Waals surface area contributed by atoms with E-state index >= 15 is 0 Å². The summed E-state index contributed by atoms with van der Waals surface area (Å²) in [6.45, 7) is 6.68. The van der Waals surface area contributed by atoms with E-state index in [9.17, 15) is 4.79 Å². The van der Waals surface area contributed by atoms with Gasteiger partial charge in [0.1, 0.15) is 5.75 Å². The number of ketones is 1. The minimum atomic E-state index is -0.399. The van der Waals surface area contributed by atoms with Crippen molar-refractivity contribution in [1.82, 2.24) is 9.80 Å². The summed E-state index contributed by atoms with van der Waals surface area (Å²) in [6, 6.07) is 7.67. The highest BCUT2D eigenvalue weighted by molar-refractivity contribution is 5.97. The zero-order valence-corrected chi connectivity index (χ0v) is 15.3. The molecule has 4 nitrogen and oxygen atoms in total. The van der Waals surface area contributed by atoms with Crippen molar-refractivity contribution in [2.45, 2.75) is 13.8 Å². The smallest absolute Gasteiger partial charge is 0.162 e. The highest BCUT2D eigenvalue weighted by Crippen LogP contribution is 2.20. The molecule has 23 heavy (non-hydrogen) atoms. The van der Waals surface area contributed by atoms with Crippen LogP contribution in [0, 0.1) is 5.41 Å². The van der Waals surface area contributed by atoms with E-state index in [0.29, 0.717) is 0 Å². The molecule has 0 fully saturated rings. The standard InChI is InChI=1S/C19H30N2O2/c1-19(2,15-21(5)14-13-20(3)4)18(22)12-9-16-7-10-17(23-6)11-8-16/h7-12H,13-15H2,1-6H3/b12-9+. The molecular formula is C19H30N2O2. The Morgan fingerprint density at radius 2 is 1.74 bits per heavy atom. The maximum absolute atomic E-state index is 12.5. The van der Waals surface area contributed by atoms with Crippen LogP contribution in [0.2, 0.25) is 0 Å². The zero-order chi connectivity index (χ0) is 17.5. The first kappa shape index (κ1) is 19.4. The number of carbonyl (C=O) groups excluding carboxylic acids is 1. The van der Waals surface area contributed by atoms with Gasteiger partial charge < -0.3 is 14.5 Å². The zero-order valence-electron chi connectivity index (χ0n) is 15.3. The summed E-state index contributed by atoms with van der Waals surface area (Å²) in [5.41, 5.74) is 0.597. The molecule has 4 heteroatoms. The van der Waals surface area contributed by atoms with Crippen molar-refractivity contribution in [2.24, 2.45) is 5.41 Å². The van der Waals surface area contributed by atoms with Crippen molar-refractivity contribution in [3.8, 4) is 5.75 Å². The van der Waals surface area contributed by atoms with Crippen molar-refractivity contribution < 1.29 is 9.53 Å². The molecule has 1 aromatic rings. The van der Waals surface area contributed by atoms with Gasteiger partial charge in [-0.05, 0) is 44.9 Å². The molecule has 0 aliphatic heterocycles. The summed E-state index contributed by atoms with van der Waals surface area (Å²) in [5, 5.41) is 0. The van der Waals surface area contributed by atoms with Crippen LogP contribution in [0.15, 0.2) is 30.3 Å². The second-order valence-corrected chi connectivity index (χ2v) is 6.90. The number of allylic oxidation sites excluding steroid dienone is 1. The van der Waals surface area contributed by atoms with E-state index in [1.54, 1.807) is 13.2 Å². The third kappa shape index (κ3) is 6.97. The van der Waals surface area contributed by atoms with Crippen LogP contribution in [0.5, 0.6) is 5.75 Å². The third-order valence-electron chi connectivity index (χ3n) is 3.80. The average molecular weight is 318 g/mol. The number of ether oxygens (including phenoxy) is 1. The minimum absolute atomic E-state index is 0.144. The fraction of sp³-hybridized carbons (Fsp3) is 0.526. The maximum atomic E-state index is 12.5. The van der Waals surface area contributed by atoms with Gasteiger partial charge in [-0.15, -0.1) is 0 Å². The lowest BCUT2D eigenvalue weighted by molar-refractivity contribution is -0.122. The minimum Gasteiger partial charge on any atom is -0.497 e. The van der Waals surface area contributed by atoms with Crippen LogP contribution in [0.3, 0.4) is 0 Å². The van der Waals surface area contributed by atoms with E-state index in [-0.39, 0.29) is 5.78 Å². The first-order chi connectivity index (χ1) is 10.7. The van der Waals surface area contributed by atoms with E-state index < -0.39 is 5.41 Å². The molecule has 128 valence electrons. The highest BCUT2D eigenvalue weighted by Gasteiger charge is 2.26. The van der Waals surface area contributed by atoms with Crippen LogP contribution in [0.25, 0.3) is 6.08 Å². The third-order valence-corrected chi connectivity index (χ3v) is 3.80. The van der Waals surface area contributed by atoms with Gasteiger partial charge in [0.15, 0.2) is 5.78 Å². The molecule has 0 saturated carbocycles. The van der Waals surface area contributed by atoms with E-state index in [0.717, 1.165) is 30.9 Å². The van der Waals surface area contributed by atoms with E-state index in [4.69, 9.17) is 4.74 Å². The fourth-order valence-corrected chi connectivity index (χ4v) is 2.32. The Hall–Kier alpha value is -1.65. The predicted molar refractivity (Wildman–Crippen MR) is 96.9 cm³/mol. The molecule has 0 aromatic heterocycles. The molecule has 0 amide bonds. The van der Waals surface area contributed by atoms with E-state index in [1.807, 2.05) is 44.2 Å². The summed E-state index contributed by atoms with van der Waals surface area (Å²) in [6.07, 6.45) is 3.55. The number of benzene rings is 1. The molecule has 0 radical (unpaired) electrons. The van der Waals surface area contributed by atoms with Crippen LogP contribution in [0.4, 0.5) is 0 Å². The first-order valence-corrected chi connectivity index (χ1v) is 7.94. The van der Waals surface area contributed by atoms with E-state index in [1.165, 1.54) is 0 Å². The van der Waals surface area contributed by atoms with Crippen LogP contribution in [-0.4, -0.2) is 63.5 Å². The summed E-state index contributed by atoms with van der Waals surface area (Å²) in [7, 11) is 7.82. The molecular weight excluding hydrogens is 288 g/mol. The Bertz CT molecular complexity index is 519. The highest BCUT2D eigenvalue weighted by atomic mass is 16.5.